The molecular formula is C17H25NO3S. The lowest BCUT2D eigenvalue weighted by Crippen LogP contribution is -2.32. The van der Waals surface area contributed by atoms with Gasteiger partial charge in [0.2, 0.25) is 5.91 Å². The minimum absolute atomic E-state index is 0.121. The van der Waals surface area contributed by atoms with E-state index in [2.05, 4.69) is 5.32 Å². The third kappa shape index (κ3) is 5.44. The van der Waals surface area contributed by atoms with E-state index >= 15 is 0 Å². The number of carbonyl (C=O) groups excluding carboxylic acids is 1. The topological polar surface area (TPSA) is 55.4 Å². The highest BCUT2D eigenvalue weighted by Crippen LogP contribution is 2.22. The molecule has 5 heteroatoms. The molecule has 1 fully saturated rings. The van der Waals surface area contributed by atoms with Gasteiger partial charge in [0.25, 0.3) is 0 Å². The second-order valence-electron chi connectivity index (χ2n) is 5.64. The number of nitrogens with one attached hydrogen (secondary N) is 1. The molecule has 1 atom stereocenters. The van der Waals surface area contributed by atoms with E-state index in [1.54, 1.807) is 0 Å². The molecule has 2 rings (SSSR count). The van der Waals surface area contributed by atoms with Crippen molar-refractivity contribution in [2.24, 2.45) is 0 Å². The van der Waals surface area contributed by atoms with Crippen LogP contribution in [0.2, 0.25) is 0 Å². The van der Waals surface area contributed by atoms with Gasteiger partial charge in [0.1, 0.15) is 11.5 Å². The van der Waals surface area contributed by atoms with Crippen molar-refractivity contribution in [3.63, 3.8) is 0 Å². The number of ether oxygens (including phenoxy) is 1. The van der Waals surface area contributed by atoms with Gasteiger partial charge in [-0.05, 0) is 37.5 Å². The maximum atomic E-state index is 12.2. The number of benzene rings is 1. The molecule has 0 heterocycles. The van der Waals surface area contributed by atoms with Gasteiger partial charge in [-0.2, -0.15) is 0 Å². The predicted molar refractivity (Wildman–Crippen MR) is 89.3 cm³/mol. The third-order valence-corrected chi connectivity index (χ3v) is 5.66. The Kier molecular flexibility index (Phi) is 6.90. The first-order chi connectivity index (χ1) is 10.7. The molecule has 1 aliphatic carbocycles. The molecule has 1 amide bonds. The van der Waals surface area contributed by atoms with Crippen LogP contribution in [0.25, 0.3) is 0 Å². The number of carbonyl (C=O) groups is 1. The van der Waals surface area contributed by atoms with E-state index in [0.29, 0.717) is 13.2 Å². The standard InChI is InChI=1S/C17H25NO3S/c1-2-21-15-8-6-7-14(11-15)12-18-17(19)13-22(20)16-9-4-3-5-10-16/h6-8,11,16H,2-5,9-10,12-13H2,1H3,(H,18,19)/t22-/m1/s1. The smallest absolute Gasteiger partial charge is 0.232 e. The highest BCUT2D eigenvalue weighted by atomic mass is 32.2. The second kappa shape index (κ2) is 8.93. The van der Waals surface area contributed by atoms with Crippen LogP contribution in [-0.4, -0.2) is 27.7 Å². The zero-order valence-electron chi connectivity index (χ0n) is 13.2. The molecule has 1 aromatic rings. The number of rotatable bonds is 7. The van der Waals surface area contributed by atoms with Gasteiger partial charge in [0, 0.05) is 22.6 Å². The Hall–Kier alpha value is -1.36. The zero-order chi connectivity index (χ0) is 15.8. The van der Waals surface area contributed by atoms with Gasteiger partial charge < -0.3 is 10.1 Å². The Balaban J connectivity index is 1.77. The molecule has 0 unspecified atom stereocenters. The Morgan fingerprint density at radius 3 is 2.82 bits per heavy atom. The maximum Gasteiger partial charge on any atom is 0.232 e. The number of hydrogen-bond acceptors (Lipinski definition) is 3. The van der Waals surface area contributed by atoms with Gasteiger partial charge >= 0.3 is 0 Å². The zero-order valence-corrected chi connectivity index (χ0v) is 14.0. The quantitative estimate of drug-likeness (QED) is 0.839. The molecule has 1 aromatic carbocycles. The molecule has 4 nitrogen and oxygen atoms in total. The van der Waals surface area contributed by atoms with Crippen molar-refractivity contribution in [2.75, 3.05) is 12.4 Å². The van der Waals surface area contributed by atoms with Crippen LogP contribution in [0.5, 0.6) is 5.75 Å². The van der Waals surface area contributed by atoms with Crippen molar-refractivity contribution in [3.8, 4) is 5.75 Å². The van der Waals surface area contributed by atoms with Crippen molar-refractivity contribution in [3.05, 3.63) is 29.8 Å². The van der Waals surface area contributed by atoms with Gasteiger partial charge in [-0.1, -0.05) is 31.4 Å². The fraction of sp³-hybridized carbons (Fsp3) is 0.588. The van der Waals surface area contributed by atoms with Crippen LogP contribution in [0.1, 0.15) is 44.6 Å². The minimum atomic E-state index is -1.04. The van der Waals surface area contributed by atoms with Crippen LogP contribution in [0, 0.1) is 0 Å². The SMILES string of the molecule is CCOc1cccc(CNC(=O)C[S@@](=O)C2CCCCC2)c1. The van der Waals surface area contributed by atoms with Crippen molar-refractivity contribution in [2.45, 2.75) is 50.8 Å². The summed E-state index contributed by atoms with van der Waals surface area (Å²) in [7, 11) is -1.04. The summed E-state index contributed by atoms with van der Waals surface area (Å²) in [5.41, 5.74) is 0.989. The Bertz CT molecular complexity index is 512. The highest BCUT2D eigenvalue weighted by molar-refractivity contribution is 7.86. The van der Waals surface area contributed by atoms with Gasteiger partial charge in [-0.25, -0.2) is 0 Å². The molecule has 0 radical (unpaired) electrons. The molecule has 0 bridgehead atoms. The van der Waals surface area contributed by atoms with Gasteiger partial charge in [0.15, 0.2) is 0 Å². The van der Waals surface area contributed by atoms with E-state index in [1.807, 2.05) is 31.2 Å². The number of hydrogen-bond donors (Lipinski definition) is 1. The summed E-state index contributed by atoms with van der Waals surface area (Å²) in [6, 6.07) is 7.67. The van der Waals surface area contributed by atoms with Gasteiger partial charge in [-0.3, -0.25) is 9.00 Å². The largest absolute Gasteiger partial charge is 0.494 e. The van der Waals surface area contributed by atoms with E-state index in [1.165, 1.54) is 6.42 Å². The van der Waals surface area contributed by atoms with E-state index in [0.717, 1.165) is 37.0 Å². The Morgan fingerprint density at radius 2 is 2.09 bits per heavy atom. The maximum absolute atomic E-state index is 12.2. The summed E-state index contributed by atoms with van der Waals surface area (Å²) in [4.78, 5) is 11.9. The van der Waals surface area contributed by atoms with E-state index in [-0.39, 0.29) is 16.9 Å². The second-order valence-corrected chi connectivity index (χ2v) is 7.36. The van der Waals surface area contributed by atoms with Crippen LogP contribution >= 0.6 is 0 Å². The molecule has 0 spiro atoms. The van der Waals surface area contributed by atoms with E-state index < -0.39 is 10.8 Å². The van der Waals surface area contributed by atoms with Crippen molar-refractivity contribution in [1.29, 1.82) is 0 Å². The molecule has 1 saturated carbocycles. The Morgan fingerprint density at radius 1 is 1.32 bits per heavy atom. The van der Waals surface area contributed by atoms with Crippen molar-refractivity contribution >= 4 is 16.7 Å². The average Bonchev–Trinajstić information content (AvgIpc) is 2.54. The van der Waals surface area contributed by atoms with Crippen molar-refractivity contribution < 1.29 is 13.7 Å². The monoisotopic (exact) mass is 323 g/mol. The normalized spacial score (nSPS) is 17.0. The molecule has 1 aliphatic rings. The lowest BCUT2D eigenvalue weighted by Gasteiger charge is -2.20. The summed E-state index contributed by atoms with van der Waals surface area (Å²) >= 11 is 0. The molecule has 0 aromatic heterocycles. The van der Waals surface area contributed by atoms with Crippen LogP contribution in [0.15, 0.2) is 24.3 Å². The molecule has 22 heavy (non-hydrogen) atoms. The summed E-state index contributed by atoms with van der Waals surface area (Å²) in [6.45, 7) is 3.01. The molecule has 0 saturated heterocycles. The molecular weight excluding hydrogens is 298 g/mol. The minimum Gasteiger partial charge on any atom is -0.494 e. The molecule has 1 N–H and O–H groups in total. The van der Waals surface area contributed by atoms with Gasteiger partial charge in [-0.15, -0.1) is 0 Å². The first-order valence-electron chi connectivity index (χ1n) is 8.04. The highest BCUT2D eigenvalue weighted by Gasteiger charge is 2.21. The van der Waals surface area contributed by atoms with Crippen LogP contribution < -0.4 is 10.1 Å². The first kappa shape index (κ1) is 17.0. The van der Waals surface area contributed by atoms with E-state index in [9.17, 15) is 9.00 Å². The van der Waals surface area contributed by atoms with E-state index in [4.69, 9.17) is 4.74 Å². The summed E-state index contributed by atoms with van der Waals surface area (Å²) in [5.74, 6) is 0.793. The predicted octanol–water partition coefficient (Wildman–Crippen LogP) is 2.78. The Labute approximate surface area is 135 Å². The van der Waals surface area contributed by atoms with Crippen LogP contribution in [-0.2, 0) is 22.1 Å². The lowest BCUT2D eigenvalue weighted by atomic mass is 10.0. The fourth-order valence-corrected chi connectivity index (χ4v) is 4.19. The average molecular weight is 323 g/mol. The lowest BCUT2D eigenvalue weighted by molar-refractivity contribution is -0.118. The molecule has 122 valence electrons. The van der Waals surface area contributed by atoms with Crippen LogP contribution in [0.4, 0.5) is 0 Å². The summed E-state index contributed by atoms with van der Waals surface area (Å²) in [6.07, 6.45) is 5.51. The molecule has 0 aliphatic heterocycles. The number of amides is 1. The third-order valence-electron chi connectivity index (χ3n) is 3.90. The summed E-state index contributed by atoms with van der Waals surface area (Å²) < 4.78 is 17.6. The van der Waals surface area contributed by atoms with Crippen LogP contribution in [0.3, 0.4) is 0 Å². The fourth-order valence-electron chi connectivity index (χ4n) is 2.74. The first-order valence-corrected chi connectivity index (χ1v) is 9.43. The summed E-state index contributed by atoms with van der Waals surface area (Å²) in [5, 5.41) is 3.06. The van der Waals surface area contributed by atoms with Gasteiger partial charge in [0.05, 0.1) is 6.61 Å². The van der Waals surface area contributed by atoms with Crippen molar-refractivity contribution in [1.82, 2.24) is 5.32 Å².